The molecule has 0 aliphatic carbocycles. The number of benzene rings is 1. The van der Waals surface area contributed by atoms with Crippen LogP contribution in [0.1, 0.15) is 25.0 Å². The molecule has 2 heteroatoms. The quantitative estimate of drug-likeness (QED) is 0.668. The van der Waals surface area contributed by atoms with E-state index in [0.717, 1.165) is 17.0 Å². The molecule has 0 aliphatic heterocycles. The fourth-order valence-corrected chi connectivity index (χ4v) is 1.46. The molecule has 1 aromatic carbocycles. The Labute approximate surface area is 90.3 Å². The van der Waals surface area contributed by atoms with E-state index in [9.17, 15) is 0 Å². The lowest BCUT2D eigenvalue weighted by Gasteiger charge is -2.15. The number of halogens is 1. The first-order valence-electron chi connectivity index (χ1n) is 4.76. The fraction of sp³-hybridized carbons (Fsp3) is 0.333. The second kappa shape index (κ2) is 5.84. The van der Waals surface area contributed by atoms with Gasteiger partial charge in [-0.1, -0.05) is 29.8 Å². The molecule has 0 aromatic heterocycles. The van der Waals surface area contributed by atoms with Crippen molar-refractivity contribution < 1.29 is 4.74 Å². The van der Waals surface area contributed by atoms with Crippen LogP contribution in [-0.4, -0.2) is 6.61 Å². The maximum absolute atomic E-state index is 5.81. The van der Waals surface area contributed by atoms with Crippen molar-refractivity contribution in [2.75, 3.05) is 6.61 Å². The van der Waals surface area contributed by atoms with Crippen LogP contribution in [0.25, 0.3) is 0 Å². The molecule has 0 bridgehead atoms. The molecule has 1 nitrogen and oxygen atoms in total. The number of rotatable bonds is 5. The molecule has 1 atom stereocenters. The van der Waals surface area contributed by atoms with Gasteiger partial charge in [-0.05, 0) is 31.0 Å². The summed E-state index contributed by atoms with van der Waals surface area (Å²) in [4.78, 5) is 0. The average molecular weight is 211 g/mol. The lowest BCUT2D eigenvalue weighted by Crippen LogP contribution is -2.02. The molecule has 0 spiro atoms. The van der Waals surface area contributed by atoms with E-state index >= 15 is 0 Å². The molecule has 0 saturated heterocycles. The normalized spacial score (nSPS) is 12.4. The predicted octanol–water partition coefficient (Wildman–Crippen LogP) is 3.99. The van der Waals surface area contributed by atoms with Crippen LogP contribution in [-0.2, 0) is 4.74 Å². The third-order valence-electron chi connectivity index (χ3n) is 1.99. The summed E-state index contributed by atoms with van der Waals surface area (Å²) in [6.07, 6.45) is 2.81. The van der Waals surface area contributed by atoms with Crippen LogP contribution in [0.2, 0.25) is 5.02 Å². The first-order chi connectivity index (χ1) is 6.77. The van der Waals surface area contributed by atoms with E-state index in [2.05, 4.69) is 6.58 Å². The first kappa shape index (κ1) is 11.3. The number of hydrogen-bond donors (Lipinski definition) is 0. The summed E-state index contributed by atoms with van der Waals surface area (Å²) in [7, 11) is 0. The molecule has 0 fully saturated rings. The molecule has 0 unspecified atom stereocenters. The van der Waals surface area contributed by atoms with Gasteiger partial charge in [0.05, 0.1) is 6.10 Å². The zero-order chi connectivity index (χ0) is 10.4. The minimum absolute atomic E-state index is 0.106. The van der Waals surface area contributed by atoms with Crippen LogP contribution in [0.15, 0.2) is 36.9 Å². The van der Waals surface area contributed by atoms with Crippen molar-refractivity contribution in [1.82, 2.24) is 0 Å². The van der Waals surface area contributed by atoms with Gasteiger partial charge in [0.2, 0.25) is 0 Å². The van der Waals surface area contributed by atoms with Crippen LogP contribution in [0, 0.1) is 0 Å². The molecule has 1 aromatic rings. The minimum atomic E-state index is 0.106. The van der Waals surface area contributed by atoms with E-state index < -0.39 is 0 Å². The second-order valence-corrected chi connectivity index (χ2v) is 3.46. The zero-order valence-electron chi connectivity index (χ0n) is 8.37. The van der Waals surface area contributed by atoms with Gasteiger partial charge in [0.25, 0.3) is 0 Å². The minimum Gasteiger partial charge on any atom is -0.373 e. The number of ether oxygens (including phenoxy) is 1. The molecular weight excluding hydrogens is 196 g/mol. The van der Waals surface area contributed by atoms with Crippen LogP contribution in [0.3, 0.4) is 0 Å². The Morgan fingerprint density at radius 2 is 2.07 bits per heavy atom. The Hall–Kier alpha value is -0.790. The molecule has 0 N–H and O–H groups in total. The maximum atomic E-state index is 5.81. The average Bonchev–Trinajstić information content (AvgIpc) is 2.19. The van der Waals surface area contributed by atoms with Gasteiger partial charge in [0, 0.05) is 11.6 Å². The van der Waals surface area contributed by atoms with Crippen molar-refractivity contribution in [3.8, 4) is 0 Å². The molecule has 0 radical (unpaired) electrons. The highest BCUT2D eigenvalue weighted by atomic mass is 35.5. The SMILES string of the molecule is C=CC[C@H](OCC)c1ccc(Cl)cc1. The topological polar surface area (TPSA) is 9.23 Å². The van der Waals surface area contributed by atoms with Gasteiger partial charge in [-0.2, -0.15) is 0 Å². The third kappa shape index (κ3) is 3.17. The van der Waals surface area contributed by atoms with Crippen molar-refractivity contribution in [3.63, 3.8) is 0 Å². The van der Waals surface area contributed by atoms with Gasteiger partial charge in [-0.3, -0.25) is 0 Å². The molecule has 1 rings (SSSR count). The summed E-state index contributed by atoms with van der Waals surface area (Å²) in [5, 5.41) is 0.752. The largest absolute Gasteiger partial charge is 0.373 e. The van der Waals surface area contributed by atoms with Crippen molar-refractivity contribution in [2.45, 2.75) is 19.4 Å². The molecule has 0 aliphatic rings. The Morgan fingerprint density at radius 3 is 2.57 bits per heavy atom. The van der Waals surface area contributed by atoms with Crippen molar-refractivity contribution in [1.29, 1.82) is 0 Å². The van der Waals surface area contributed by atoms with Crippen molar-refractivity contribution >= 4 is 11.6 Å². The monoisotopic (exact) mass is 210 g/mol. The van der Waals surface area contributed by atoms with Crippen molar-refractivity contribution in [2.24, 2.45) is 0 Å². The van der Waals surface area contributed by atoms with Crippen molar-refractivity contribution in [3.05, 3.63) is 47.5 Å². The molecule has 14 heavy (non-hydrogen) atoms. The highest BCUT2D eigenvalue weighted by Gasteiger charge is 2.08. The maximum Gasteiger partial charge on any atom is 0.0859 e. The third-order valence-corrected chi connectivity index (χ3v) is 2.24. The predicted molar refractivity (Wildman–Crippen MR) is 60.6 cm³/mol. The number of hydrogen-bond acceptors (Lipinski definition) is 1. The fourth-order valence-electron chi connectivity index (χ4n) is 1.33. The van der Waals surface area contributed by atoms with Gasteiger partial charge in [-0.25, -0.2) is 0 Å². The van der Waals surface area contributed by atoms with Crippen LogP contribution in [0.4, 0.5) is 0 Å². The van der Waals surface area contributed by atoms with Gasteiger partial charge in [0.15, 0.2) is 0 Å². The van der Waals surface area contributed by atoms with E-state index in [1.54, 1.807) is 0 Å². The molecule has 0 heterocycles. The summed E-state index contributed by atoms with van der Waals surface area (Å²) >= 11 is 5.81. The van der Waals surface area contributed by atoms with E-state index in [4.69, 9.17) is 16.3 Å². The van der Waals surface area contributed by atoms with Gasteiger partial charge in [-0.15, -0.1) is 6.58 Å². The summed E-state index contributed by atoms with van der Waals surface area (Å²) in [6, 6.07) is 7.75. The lowest BCUT2D eigenvalue weighted by atomic mass is 10.1. The molecular formula is C12H15ClO. The van der Waals surface area contributed by atoms with E-state index in [-0.39, 0.29) is 6.10 Å². The Morgan fingerprint density at radius 1 is 1.43 bits per heavy atom. The van der Waals surface area contributed by atoms with Crippen LogP contribution in [0.5, 0.6) is 0 Å². The summed E-state index contributed by atoms with van der Waals surface area (Å²) < 4.78 is 5.59. The Kier molecular flexibility index (Phi) is 4.71. The Balaban J connectivity index is 2.76. The highest BCUT2D eigenvalue weighted by molar-refractivity contribution is 6.30. The van der Waals surface area contributed by atoms with E-state index in [1.165, 1.54) is 0 Å². The highest BCUT2D eigenvalue weighted by Crippen LogP contribution is 2.22. The van der Waals surface area contributed by atoms with E-state index in [0.29, 0.717) is 6.61 Å². The Bertz CT molecular complexity index is 279. The van der Waals surface area contributed by atoms with Gasteiger partial charge in [0.1, 0.15) is 0 Å². The van der Waals surface area contributed by atoms with Gasteiger partial charge >= 0.3 is 0 Å². The second-order valence-electron chi connectivity index (χ2n) is 3.02. The van der Waals surface area contributed by atoms with Crippen LogP contribution >= 0.6 is 11.6 Å². The summed E-state index contributed by atoms with van der Waals surface area (Å²) in [5.74, 6) is 0. The summed E-state index contributed by atoms with van der Waals surface area (Å²) in [5.41, 5.74) is 1.15. The molecule has 76 valence electrons. The molecule has 0 saturated carbocycles. The van der Waals surface area contributed by atoms with Crippen LogP contribution < -0.4 is 0 Å². The van der Waals surface area contributed by atoms with E-state index in [1.807, 2.05) is 37.3 Å². The summed E-state index contributed by atoms with van der Waals surface area (Å²) in [6.45, 7) is 6.42. The smallest absolute Gasteiger partial charge is 0.0859 e. The standard InChI is InChI=1S/C12H15ClO/c1-3-5-12(14-4-2)10-6-8-11(13)9-7-10/h3,6-9,12H,1,4-5H2,2H3/t12-/m0/s1. The first-order valence-corrected chi connectivity index (χ1v) is 5.13. The van der Waals surface area contributed by atoms with Gasteiger partial charge < -0.3 is 4.74 Å². The zero-order valence-corrected chi connectivity index (χ0v) is 9.13. The lowest BCUT2D eigenvalue weighted by molar-refractivity contribution is 0.0648. The molecule has 0 amide bonds.